The number of benzene rings is 2. The number of nitrogens with one attached hydrogen (secondary N) is 1. The second kappa shape index (κ2) is 6.43. The SMILES string of the molecule is Cc1cccc(NC(=O)COc2cccc(N)c2Br)c1. The van der Waals surface area contributed by atoms with E-state index in [1.54, 1.807) is 18.2 Å². The highest BCUT2D eigenvalue weighted by atomic mass is 79.9. The molecule has 0 heterocycles. The van der Waals surface area contributed by atoms with Crippen LogP contribution in [0.1, 0.15) is 5.56 Å². The first-order chi connectivity index (χ1) is 9.56. The Balaban J connectivity index is 1.94. The average molecular weight is 335 g/mol. The van der Waals surface area contributed by atoms with Crippen LogP contribution < -0.4 is 15.8 Å². The molecular weight excluding hydrogens is 320 g/mol. The van der Waals surface area contributed by atoms with Crippen LogP contribution in [-0.2, 0) is 4.79 Å². The summed E-state index contributed by atoms with van der Waals surface area (Å²) >= 11 is 3.32. The highest BCUT2D eigenvalue weighted by Gasteiger charge is 2.07. The fraction of sp³-hybridized carbons (Fsp3) is 0.133. The molecule has 0 aliphatic carbocycles. The molecule has 0 aliphatic heterocycles. The molecule has 2 aromatic carbocycles. The quantitative estimate of drug-likeness (QED) is 0.842. The van der Waals surface area contributed by atoms with Crippen LogP contribution in [0.3, 0.4) is 0 Å². The maximum Gasteiger partial charge on any atom is 0.262 e. The maximum atomic E-state index is 11.8. The summed E-state index contributed by atoms with van der Waals surface area (Å²) in [6.45, 7) is 1.89. The summed E-state index contributed by atoms with van der Waals surface area (Å²) < 4.78 is 6.10. The molecule has 4 nitrogen and oxygen atoms in total. The lowest BCUT2D eigenvalue weighted by Gasteiger charge is -2.10. The molecule has 2 rings (SSSR count). The van der Waals surface area contributed by atoms with E-state index in [1.165, 1.54) is 0 Å². The van der Waals surface area contributed by atoms with Gasteiger partial charge in [-0.15, -0.1) is 0 Å². The number of nitrogen functional groups attached to an aromatic ring is 1. The van der Waals surface area contributed by atoms with Crippen molar-refractivity contribution < 1.29 is 9.53 Å². The number of ether oxygens (including phenoxy) is 1. The number of amides is 1. The fourth-order valence-electron chi connectivity index (χ4n) is 1.70. The molecular formula is C15H15BrN2O2. The van der Waals surface area contributed by atoms with Gasteiger partial charge in [0.25, 0.3) is 5.91 Å². The van der Waals surface area contributed by atoms with Crippen LogP contribution >= 0.6 is 15.9 Å². The second-order valence-electron chi connectivity index (χ2n) is 4.37. The second-order valence-corrected chi connectivity index (χ2v) is 5.16. The van der Waals surface area contributed by atoms with Crippen molar-refractivity contribution in [3.8, 4) is 5.75 Å². The zero-order valence-corrected chi connectivity index (χ0v) is 12.6. The summed E-state index contributed by atoms with van der Waals surface area (Å²) in [4.78, 5) is 11.8. The van der Waals surface area contributed by atoms with Crippen molar-refractivity contribution in [2.24, 2.45) is 0 Å². The Hall–Kier alpha value is -2.01. The summed E-state index contributed by atoms with van der Waals surface area (Å²) in [5.74, 6) is 0.328. The Kier molecular flexibility index (Phi) is 4.63. The molecule has 20 heavy (non-hydrogen) atoms. The number of hydrogen-bond acceptors (Lipinski definition) is 3. The van der Waals surface area contributed by atoms with Gasteiger partial charge in [0, 0.05) is 11.4 Å². The van der Waals surface area contributed by atoms with E-state index in [0.717, 1.165) is 11.3 Å². The zero-order valence-electron chi connectivity index (χ0n) is 11.0. The molecule has 0 aliphatic rings. The highest BCUT2D eigenvalue weighted by Crippen LogP contribution is 2.30. The number of carbonyl (C=O) groups excluding carboxylic acids is 1. The summed E-state index contributed by atoms with van der Waals surface area (Å²) in [5.41, 5.74) is 8.15. The Labute approximate surface area is 126 Å². The van der Waals surface area contributed by atoms with Crippen LogP contribution in [0.5, 0.6) is 5.75 Å². The van der Waals surface area contributed by atoms with Gasteiger partial charge in [-0.2, -0.15) is 0 Å². The van der Waals surface area contributed by atoms with Crippen LogP contribution in [0, 0.1) is 6.92 Å². The van der Waals surface area contributed by atoms with Gasteiger partial charge in [0.15, 0.2) is 6.61 Å². The van der Waals surface area contributed by atoms with E-state index in [1.807, 2.05) is 31.2 Å². The summed E-state index contributed by atoms with van der Waals surface area (Å²) in [6, 6.07) is 12.9. The number of rotatable bonds is 4. The van der Waals surface area contributed by atoms with E-state index in [0.29, 0.717) is 15.9 Å². The van der Waals surface area contributed by atoms with E-state index < -0.39 is 0 Å². The Morgan fingerprint density at radius 3 is 2.80 bits per heavy atom. The molecule has 0 fully saturated rings. The Morgan fingerprint density at radius 1 is 1.30 bits per heavy atom. The van der Waals surface area contributed by atoms with Gasteiger partial charge in [-0.3, -0.25) is 4.79 Å². The van der Waals surface area contributed by atoms with Crippen molar-refractivity contribution in [1.82, 2.24) is 0 Å². The topological polar surface area (TPSA) is 64.3 Å². The van der Waals surface area contributed by atoms with Crippen LogP contribution in [0.15, 0.2) is 46.9 Å². The zero-order chi connectivity index (χ0) is 14.5. The van der Waals surface area contributed by atoms with Gasteiger partial charge in [0.05, 0.1) is 4.47 Å². The predicted molar refractivity (Wildman–Crippen MR) is 83.9 cm³/mol. The maximum absolute atomic E-state index is 11.8. The number of nitrogens with two attached hydrogens (primary N) is 1. The third-order valence-corrected chi connectivity index (χ3v) is 3.50. The van der Waals surface area contributed by atoms with E-state index in [2.05, 4.69) is 21.2 Å². The Bertz CT molecular complexity index is 629. The minimum atomic E-state index is -0.218. The largest absolute Gasteiger partial charge is 0.483 e. The lowest BCUT2D eigenvalue weighted by molar-refractivity contribution is -0.118. The van der Waals surface area contributed by atoms with Gasteiger partial charge in [-0.1, -0.05) is 18.2 Å². The molecule has 0 aromatic heterocycles. The molecule has 3 N–H and O–H groups in total. The number of halogens is 1. The smallest absolute Gasteiger partial charge is 0.262 e. The molecule has 0 unspecified atom stereocenters. The molecule has 0 radical (unpaired) electrons. The number of aryl methyl sites for hydroxylation is 1. The van der Waals surface area contributed by atoms with Crippen LogP contribution in [-0.4, -0.2) is 12.5 Å². The number of anilines is 2. The van der Waals surface area contributed by atoms with Crippen LogP contribution in [0.25, 0.3) is 0 Å². The molecule has 5 heteroatoms. The van der Waals surface area contributed by atoms with Crippen molar-refractivity contribution in [2.45, 2.75) is 6.92 Å². The van der Waals surface area contributed by atoms with Gasteiger partial charge < -0.3 is 15.8 Å². The predicted octanol–water partition coefficient (Wildman–Crippen LogP) is 3.36. The highest BCUT2D eigenvalue weighted by molar-refractivity contribution is 9.10. The van der Waals surface area contributed by atoms with Crippen molar-refractivity contribution in [3.63, 3.8) is 0 Å². The molecule has 104 valence electrons. The first-order valence-electron chi connectivity index (χ1n) is 6.09. The van der Waals surface area contributed by atoms with E-state index in [9.17, 15) is 4.79 Å². The summed E-state index contributed by atoms with van der Waals surface area (Å²) in [5, 5.41) is 2.78. The van der Waals surface area contributed by atoms with Crippen LogP contribution in [0.4, 0.5) is 11.4 Å². The number of hydrogen-bond donors (Lipinski definition) is 2. The number of carbonyl (C=O) groups is 1. The molecule has 2 aromatic rings. The Morgan fingerprint density at radius 2 is 2.05 bits per heavy atom. The first kappa shape index (κ1) is 14.4. The van der Waals surface area contributed by atoms with E-state index in [4.69, 9.17) is 10.5 Å². The van der Waals surface area contributed by atoms with E-state index in [-0.39, 0.29) is 12.5 Å². The lowest BCUT2D eigenvalue weighted by Crippen LogP contribution is -2.20. The molecule has 0 saturated heterocycles. The van der Waals surface area contributed by atoms with Crippen molar-refractivity contribution in [3.05, 3.63) is 52.5 Å². The molecule has 0 atom stereocenters. The standard InChI is InChI=1S/C15H15BrN2O2/c1-10-4-2-5-11(8-10)18-14(19)9-20-13-7-3-6-12(17)15(13)16/h2-8H,9,17H2,1H3,(H,18,19). The lowest BCUT2D eigenvalue weighted by atomic mass is 10.2. The summed E-state index contributed by atoms with van der Waals surface area (Å²) in [7, 11) is 0. The third kappa shape index (κ3) is 3.74. The van der Waals surface area contributed by atoms with Gasteiger partial charge in [0.1, 0.15) is 5.75 Å². The van der Waals surface area contributed by atoms with Gasteiger partial charge in [-0.25, -0.2) is 0 Å². The minimum absolute atomic E-state index is 0.0734. The molecule has 0 saturated carbocycles. The molecule has 0 spiro atoms. The first-order valence-corrected chi connectivity index (χ1v) is 6.89. The normalized spacial score (nSPS) is 10.1. The van der Waals surface area contributed by atoms with Crippen molar-refractivity contribution >= 4 is 33.2 Å². The van der Waals surface area contributed by atoms with Gasteiger partial charge >= 0.3 is 0 Å². The summed E-state index contributed by atoms with van der Waals surface area (Å²) in [6.07, 6.45) is 0. The minimum Gasteiger partial charge on any atom is -0.483 e. The third-order valence-electron chi connectivity index (χ3n) is 2.65. The van der Waals surface area contributed by atoms with Gasteiger partial charge in [0.2, 0.25) is 0 Å². The fourth-order valence-corrected chi connectivity index (χ4v) is 2.08. The van der Waals surface area contributed by atoms with Gasteiger partial charge in [-0.05, 0) is 52.7 Å². The monoisotopic (exact) mass is 334 g/mol. The van der Waals surface area contributed by atoms with Crippen LogP contribution in [0.2, 0.25) is 0 Å². The molecule has 1 amide bonds. The van der Waals surface area contributed by atoms with E-state index >= 15 is 0 Å². The molecule has 0 bridgehead atoms. The van der Waals surface area contributed by atoms with Crippen molar-refractivity contribution in [1.29, 1.82) is 0 Å². The average Bonchev–Trinajstić information content (AvgIpc) is 2.40. The van der Waals surface area contributed by atoms with Crippen molar-refractivity contribution in [2.75, 3.05) is 17.7 Å².